The summed E-state index contributed by atoms with van der Waals surface area (Å²) in [4.78, 5) is 26.5. The number of esters is 1. The highest BCUT2D eigenvalue weighted by molar-refractivity contribution is 9.10. The monoisotopic (exact) mass is 708 g/mol. The van der Waals surface area contributed by atoms with Crippen LogP contribution in [0.25, 0.3) is 16.9 Å². The lowest BCUT2D eigenvalue weighted by molar-refractivity contribution is -0.00203. The lowest BCUT2D eigenvalue weighted by Gasteiger charge is -2.32. The molecular formula is C30H25BrCl4N4O3. The van der Waals surface area contributed by atoms with Crippen molar-refractivity contribution in [1.29, 1.82) is 0 Å². The van der Waals surface area contributed by atoms with Gasteiger partial charge in [-0.2, -0.15) is 5.10 Å². The number of halogens is 5. The molecule has 7 nitrogen and oxygen atoms in total. The van der Waals surface area contributed by atoms with Crippen LogP contribution in [0, 0.1) is 0 Å². The molecule has 0 aliphatic carbocycles. The summed E-state index contributed by atoms with van der Waals surface area (Å²) in [6.45, 7) is 2.88. The molecule has 1 aliphatic heterocycles. The van der Waals surface area contributed by atoms with E-state index >= 15 is 0 Å². The van der Waals surface area contributed by atoms with E-state index in [1.54, 1.807) is 34.0 Å². The molecule has 1 aromatic heterocycles. The van der Waals surface area contributed by atoms with Crippen molar-refractivity contribution in [3.05, 3.63) is 102 Å². The van der Waals surface area contributed by atoms with Crippen molar-refractivity contribution in [2.24, 2.45) is 0 Å². The first-order valence-electron chi connectivity index (χ1n) is 13.2. The smallest absolute Gasteiger partial charge is 0.339 e. The number of amides is 1. The number of carbonyl (C=O) groups excluding carboxylic acids is 2. The van der Waals surface area contributed by atoms with E-state index in [0.717, 1.165) is 21.3 Å². The third-order valence-corrected chi connectivity index (χ3v) is 8.48. The molecule has 0 bridgehead atoms. The summed E-state index contributed by atoms with van der Waals surface area (Å²) in [5.74, 6) is -0.914. The molecule has 218 valence electrons. The van der Waals surface area contributed by atoms with E-state index < -0.39 is 12.1 Å². The molecule has 2 heterocycles. The van der Waals surface area contributed by atoms with E-state index in [9.17, 15) is 9.59 Å². The number of nitrogens with one attached hydrogen (secondary N) is 1. The number of hydrazine groups is 1. The summed E-state index contributed by atoms with van der Waals surface area (Å²) < 4.78 is 8.34. The van der Waals surface area contributed by atoms with Crippen LogP contribution < -0.4 is 5.43 Å². The lowest BCUT2D eigenvalue weighted by Crippen LogP contribution is -2.50. The summed E-state index contributed by atoms with van der Waals surface area (Å²) in [7, 11) is 0. The van der Waals surface area contributed by atoms with Gasteiger partial charge in [-0.1, -0.05) is 81.4 Å². The van der Waals surface area contributed by atoms with Crippen LogP contribution in [-0.4, -0.2) is 45.9 Å². The zero-order valence-corrected chi connectivity index (χ0v) is 27.0. The molecular weight excluding hydrogens is 686 g/mol. The summed E-state index contributed by atoms with van der Waals surface area (Å²) in [6.07, 6.45) is 1.47. The maximum Gasteiger partial charge on any atom is 0.339 e. The highest BCUT2D eigenvalue weighted by atomic mass is 79.9. The minimum atomic E-state index is -0.541. The van der Waals surface area contributed by atoms with E-state index in [1.165, 1.54) is 12.1 Å². The standard InChI is InChI=1S/C30H25BrCl4N4O3/c1-2-22-27(36-39(26-12-10-20(33)15-25(26)35)28(22)17-5-7-18(31)8-6-17)29(40)37-38-13-3-4-21(16-38)42-30(41)23-11-9-19(32)14-24(23)34/h5-12,14-15,21H,2-4,13,16H2,1H3,(H,37,40)/t21-/m0/s1. The fraction of sp³-hybridized carbons (Fsp3) is 0.233. The van der Waals surface area contributed by atoms with E-state index in [2.05, 4.69) is 21.4 Å². The molecule has 1 N–H and O–H groups in total. The molecule has 1 fully saturated rings. The van der Waals surface area contributed by atoms with Crippen LogP contribution in [-0.2, 0) is 11.2 Å². The largest absolute Gasteiger partial charge is 0.457 e. The predicted molar refractivity (Wildman–Crippen MR) is 170 cm³/mol. The molecule has 0 saturated carbocycles. The fourth-order valence-corrected chi connectivity index (χ4v) is 6.14. The predicted octanol–water partition coefficient (Wildman–Crippen LogP) is 8.44. The second kappa shape index (κ2) is 13.4. The number of rotatable bonds is 7. The van der Waals surface area contributed by atoms with Crippen molar-refractivity contribution in [2.75, 3.05) is 13.1 Å². The Labute approximate surface area is 271 Å². The van der Waals surface area contributed by atoms with Crippen LogP contribution >= 0.6 is 62.3 Å². The summed E-state index contributed by atoms with van der Waals surface area (Å²) >= 11 is 28.4. The Morgan fingerprint density at radius 3 is 2.36 bits per heavy atom. The molecule has 0 spiro atoms. The first kappa shape index (κ1) is 30.9. The molecule has 4 aromatic rings. The van der Waals surface area contributed by atoms with Gasteiger partial charge in [0, 0.05) is 32.2 Å². The van der Waals surface area contributed by atoms with Gasteiger partial charge in [-0.25, -0.2) is 14.5 Å². The van der Waals surface area contributed by atoms with Gasteiger partial charge in [0.05, 0.1) is 33.5 Å². The van der Waals surface area contributed by atoms with Gasteiger partial charge in [-0.15, -0.1) is 0 Å². The van der Waals surface area contributed by atoms with Crippen molar-refractivity contribution < 1.29 is 14.3 Å². The van der Waals surface area contributed by atoms with Crippen LogP contribution in [0.4, 0.5) is 0 Å². The molecule has 5 rings (SSSR count). The highest BCUT2D eigenvalue weighted by Crippen LogP contribution is 2.34. The third-order valence-electron chi connectivity index (χ3n) is 6.87. The Bertz CT molecular complexity index is 1640. The fourth-order valence-electron chi connectivity index (χ4n) is 4.90. The number of aromatic nitrogens is 2. The number of hydrogen-bond donors (Lipinski definition) is 1. The van der Waals surface area contributed by atoms with Crippen molar-refractivity contribution in [3.63, 3.8) is 0 Å². The Hall–Kier alpha value is -2.59. The second-order valence-electron chi connectivity index (χ2n) is 9.72. The molecule has 42 heavy (non-hydrogen) atoms. The Morgan fingerprint density at radius 2 is 1.69 bits per heavy atom. The van der Waals surface area contributed by atoms with E-state index in [1.807, 2.05) is 31.2 Å². The van der Waals surface area contributed by atoms with Crippen LogP contribution in [0.15, 0.2) is 65.1 Å². The maximum absolute atomic E-state index is 13.7. The summed E-state index contributed by atoms with van der Waals surface area (Å²) in [6, 6.07) is 17.5. The van der Waals surface area contributed by atoms with Crippen molar-refractivity contribution in [1.82, 2.24) is 20.2 Å². The SMILES string of the molecule is CCc1c(C(=O)NN2CCC[C@H](OC(=O)c3ccc(Cl)cc3Cl)C2)nn(-c2ccc(Cl)cc2Cl)c1-c1ccc(Br)cc1. The number of nitrogens with zero attached hydrogens (tertiary/aromatic N) is 3. The van der Waals surface area contributed by atoms with Gasteiger partial charge >= 0.3 is 5.97 Å². The number of benzene rings is 3. The van der Waals surface area contributed by atoms with E-state index in [4.69, 9.17) is 56.2 Å². The first-order chi connectivity index (χ1) is 20.1. The minimum Gasteiger partial charge on any atom is -0.457 e. The van der Waals surface area contributed by atoms with Gasteiger partial charge in [-0.05, 0) is 67.8 Å². The van der Waals surface area contributed by atoms with Crippen LogP contribution in [0.3, 0.4) is 0 Å². The zero-order chi connectivity index (χ0) is 30.0. The van der Waals surface area contributed by atoms with Gasteiger partial charge in [0.1, 0.15) is 6.10 Å². The third kappa shape index (κ3) is 6.80. The van der Waals surface area contributed by atoms with E-state index in [0.29, 0.717) is 53.1 Å². The highest BCUT2D eigenvalue weighted by Gasteiger charge is 2.29. The van der Waals surface area contributed by atoms with Gasteiger partial charge in [0.15, 0.2) is 5.69 Å². The van der Waals surface area contributed by atoms with Gasteiger partial charge < -0.3 is 4.74 Å². The minimum absolute atomic E-state index is 0.221. The van der Waals surface area contributed by atoms with Crippen molar-refractivity contribution >= 4 is 74.2 Å². The van der Waals surface area contributed by atoms with Crippen molar-refractivity contribution in [2.45, 2.75) is 32.3 Å². The molecule has 0 radical (unpaired) electrons. The van der Waals surface area contributed by atoms with Crippen LogP contribution in [0.1, 0.15) is 46.2 Å². The summed E-state index contributed by atoms with van der Waals surface area (Å²) in [5.41, 5.74) is 6.47. The Balaban J connectivity index is 1.40. The van der Waals surface area contributed by atoms with Crippen LogP contribution in [0.5, 0.6) is 0 Å². The molecule has 1 atom stereocenters. The van der Waals surface area contributed by atoms with Gasteiger partial charge in [-0.3, -0.25) is 10.2 Å². The molecule has 1 aliphatic rings. The maximum atomic E-state index is 13.7. The van der Waals surface area contributed by atoms with Gasteiger partial charge in [0.25, 0.3) is 5.91 Å². The number of carbonyl (C=O) groups is 2. The number of ether oxygens (including phenoxy) is 1. The second-order valence-corrected chi connectivity index (χ2v) is 12.3. The molecule has 3 aromatic carbocycles. The average Bonchev–Trinajstić information content (AvgIpc) is 3.33. The lowest BCUT2D eigenvalue weighted by atomic mass is 10.0. The van der Waals surface area contributed by atoms with E-state index in [-0.39, 0.29) is 22.2 Å². The Kier molecular flexibility index (Phi) is 9.82. The molecule has 12 heteroatoms. The normalized spacial score (nSPS) is 15.4. The Morgan fingerprint density at radius 1 is 1.00 bits per heavy atom. The molecule has 1 saturated heterocycles. The summed E-state index contributed by atoms with van der Waals surface area (Å²) in [5, 5.41) is 8.05. The van der Waals surface area contributed by atoms with Crippen LogP contribution in [0.2, 0.25) is 20.1 Å². The van der Waals surface area contributed by atoms with Gasteiger partial charge in [0.2, 0.25) is 0 Å². The molecule has 0 unspecified atom stereocenters. The number of piperidine rings is 1. The average molecular weight is 711 g/mol. The quantitative estimate of drug-likeness (QED) is 0.195. The van der Waals surface area contributed by atoms with Crippen molar-refractivity contribution in [3.8, 4) is 16.9 Å². The first-order valence-corrected chi connectivity index (χ1v) is 15.5. The molecule has 1 amide bonds. The number of hydrogen-bond acceptors (Lipinski definition) is 5. The topological polar surface area (TPSA) is 76.5 Å². The zero-order valence-electron chi connectivity index (χ0n) is 22.3.